The summed E-state index contributed by atoms with van der Waals surface area (Å²) < 4.78 is 0. The summed E-state index contributed by atoms with van der Waals surface area (Å²) >= 11 is 0. The fourth-order valence-corrected chi connectivity index (χ4v) is 1.09. The molecule has 0 bridgehead atoms. The molecule has 0 aliphatic carbocycles. The van der Waals surface area contributed by atoms with Crippen LogP contribution in [0.1, 0.15) is 24.4 Å². The fraction of sp³-hybridized carbons (Fsp3) is 0.333. The second-order valence-electron chi connectivity index (χ2n) is 3.02. The molecule has 0 aliphatic rings. The zero-order chi connectivity index (χ0) is 10.6. The summed E-state index contributed by atoms with van der Waals surface area (Å²) in [6.07, 6.45) is 3.16. The van der Waals surface area contributed by atoms with E-state index in [1.807, 2.05) is 0 Å². The van der Waals surface area contributed by atoms with Crippen LogP contribution < -0.4 is 5.73 Å². The molecule has 5 nitrogen and oxygen atoms in total. The lowest BCUT2D eigenvalue weighted by Crippen LogP contribution is -2.12. The number of pyridine rings is 1. The van der Waals surface area contributed by atoms with Crippen LogP contribution >= 0.6 is 0 Å². The number of rotatable bonds is 4. The largest absolute Gasteiger partial charge is 0.506 e. The van der Waals surface area contributed by atoms with E-state index in [9.17, 15) is 4.79 Å². The van der Waals surface area contributed by atoms with Crippen molar-refractivity contribution in [2.45, 2.75) is 18.9 Å². The molecule has 76 valence electrons. The Balaban J connectivity index is 2.60. The number of nitrogens with zero attached hydrogens (tertiary/aromatic N) is 1. The van der Waals surface area contributed by atoms with E-state index in [0.717, 1.165) is 0 Å². The normalized spacial score (nSPS) is 12.4. The number of carboxylic acids is 1. The molecule has 5 heteroatoms. The van der Waals surface area contributed by atoms with E-state index >= 15 is 0 Å². The molecule has 0 saturated heterocycles. The number of carboxylic acid groups (broad SMARTS) is 1. The van der Waals surface area contributed by atoms with Crippen LogP contribution in [0.3, 0.4) is 0 Å². The number of carbonyl (C=O) groups is 1. The minimum atomic E-state index is -0.881. The second kappa shape index (κ2) is 4.57. The summed E-state index contributed by atoms with van der Waals surface area (Å²) in [7, 11) is 0. The number of aromatic nitrogens is 1. The van der Waals surface area contributed by atoms with Crippen LogP contribution in [0.25, 0.3) is 0 Å². The van der Waals surface area contributed by atoms with E-state index in [2.05, 4.69) is 4.98 Å². The van der Waals surface area contributed by atoms with Gasteiger partial charge in [0.15, 0.2) is 0 Å². The van der Waals surface area contributed by atoms with Gasteiger partial charge < -0.3 is 15.9 Å². The molecule has 0 unspecified atom stereocenters. The summed E-state index contributed by atoms with van der Waals surface area (Å²) in [4.78, 5) is 14.0. The molecular weight excluding hydrogens is 184 g/mol. The predicted octanol–water partition coefficient (Wildman–Crippen LogP) is 0.652. The third-order valence-corrected chi connectivity index (χ3v) is 1.84. The van der Waals surface area contributed by atoms with Crippen molar-refractivity contribution < 1.29 is 15.0 Å². The minimum Gasteiger partial charge on any atom is -0.506 e. The van der Waals surface area contributed by atoms with Gasteiger partial charge in [0.25, 0.3) is 0 Å². The zero-order valence-electron chi connectivity index (χ0n) is 7.55. The summed E-state index contributed by atoms with van der Waals surface area (Å²) in [6, 6.07) is 1.09. The van der Waals surface area contributed by atoms with Gasteiger partial charge in [0.2, 0.25) is 0 Å². The van der Waals surface area contributed by atoms with E-state index in [4.69, 9.17) is 15.9 Å². The van der Waals surface area contributed by atoms with Crippen molar-refractivity contribution >= 4 is 5.97 Å². The average molecular weight is 196 g/mol. The van der Waals surface area contributed by atoms with Crippen LogP contribution in [0.4, 0.5) is 0 Å². The molecule has 0 fully saturated rings. The Bertz CT molecular complexity index is 328. The molecule has 14 heavy (non-hydrogen) atoms. The van der Waals surface area contributed by atoms with Crippen LogP contribution in [0.2, 0.25) is 0 Å². The molecule has 1 aromatic rings. The summed E-state index contributed by atoms with van der Waals surface area (Å²) in [5.74, 6) is -0.846. The Morgan fingerprint density at radius 2 is 2.29 bits per heavy atom. The smallest absolute Gasteiger partial charge is 0.303 e. The predicted molar refractivity (Wildman–Crippen MR) is 49.7 cm³/mol. The van der Waals surface area contributed by atoms with Crippen LogP contribution in [0.15, 0.2) is 18.5 Å². The summed E-state index contributed by atoms with van der Waals surface area (Å²) in [5, 5.41) is 17.5. The molecule has 1 aromatic heterocycles. The first-order chi connectivity index (χ1) is 6.59. The first-order valence-corrected chi connectivity index (χ1v) is 4.21. The number of aliphatic carboxylic acids is 1. The molecule has 0 saturated carbocycles. The van der Waals surface area contributed by atoms with Gasteiger partial charge in [0.05, 0.1) is 6.20 Å². The SMILES string of the molecule is N[C@@H](CCC(=O)O)c1cncc(O)c1. The van der Waals surface area contributed by atoms with Gasteiger partial charge >= 0.3 is 5.97 Å². The lowest BCUT2D eigenvalue weighted by molar-refractivity contribution is -0.137. The highest BCUT2D eigenvalue weighted by molar-refractivity contribution is 5.66. The molecular formula is C9H12N2O3. The van der Waals surface area contributed by atoms with E-state index in [1.54, 1.807) is 0 Å². The monoisotopic (exact) mass is 196 g/mol. The van der Waals surface area contributed by atoms with E-state index in [1.165, 1.54) is 18.5 Å². The lowest BCUT2D eigenvalue weighted by atomic mass is 10.1. The highest BCUT2D eigenvalue weighted by Crippen LogP contribution is 2.18. The van der Waals surface area contributed by atoms with Crippen molar-refractivity contribution in [3.63, 3.8) is 0 Å². The Labute approximate surface area is 81.2 Å². The molecule has 0 aliphatic heterocycles. The first-order valence-electron chi connectivity index (χ1n) is 4.21. The molecule has 1 atom stereocenters. The molecule has 0 spiro atoms. The van der Waals surface area contributed by atoms with Crippen LogP contribution in [0, 0.1) is 0 Å². The van der Waals surface area contributed by atoms with Gasteiger partial charge in [-0.15, -0.1) is 0 Å². The molecule has 4 N–H and O–H groups in total. The number of aromatic hydroxyl groups is 1. The summed E-state index contributed by atoms with van der Waals surface area (Å²) in [5.41, 5.74) is 6.34. The highest BCUT2D eigenvalue weighted by Gasteiger charge is 2.09. The second-order valence-corrected chi connectivity index (χ2v) is 3.02. The van der Waals surface area contributed by atoms with E-state index in [-0.39, 0.29) is 12.2 Å². The van der Waals surface area contributed by atoms with Crippen molar-refractivity contribution in [2.75, 3.05) is 0 Å². The van der Waals surface area contributed by atoms with E-state index in [0.29, 0.717) is 12.0 Å². The molecule has 0 aromatic carbocycles. The Kier molecular flexibility index (Phi) is 3.41. The van der Waals surface area contributed by atoms with Crippen LogP contribution in [-0.2, 0) is 4.79 Å². The van der Waals surface area contributed by atoms with Crippen LogP contribution in [-0.4, -0.2) is 21.2 Å². The number of hydrogen-bond acceptors (Lipinski definition) is 4. The first kappa shape index (κ1) is 10.5. The van der Waals surface area contributed by atoms with Gasteiger partial charge in [-0.3, -0.25) is 9.78 Å². The molecule has 0 amide bonds. The minimum absolute atomic E-state index is 0.0107. The van der Waals surface area contributed by atoms with Crippen molar-refractivity contribution in [2.24, 2.45) is 5.73 Å². The molecule has 1 heterocycles. The maximum Gasteiger partial charge on any atom is 0.303 e. The zero-order valence-corrected chi connectivity index (χ0v) is 7.55. The Hall–Kier alpha value is -1.62. The van der Waals surface area contributed by atoms with Crippen molar-refractivity contribution in [3.8, 4) is 5.75 Å². The van der Waals surface area contributed by atoms with Crippen molar-refractivity contribution in [1.29, 1.82) is 0 Å². The van der Waals surface area contributed by atoms with Crippen molar-refractivity contribution in [1.82, 2.24) is 4.98 Å². The third-order valence-electron chi connectivity index (χ3n) is 1.84. The van der Waals surface area contributed by atoms with Gasteiger partial charge in [-0.1, -0.05) is 0 Å². The van der Waals surface area contributed by atoms with Gasteiger partial charge in [-0.25, -0.2) is 0 Å². The van der Waals surface area contributed by atoms with Gasteiger partial charge in [-0.2, -0.15) is 0 Å². The van der Waals surface area contributed by atoms with Gasteiger partial charge in [0.1, 0.15) is 5.75 Å². The molecule has 0 radical (unpaired) electrons. The summed E-state index contributed by atoms with van der Waals surface area (Å²) in [6.45, 7) is 0. The maximum absolute atomic E-state index is 10.3. The van der Waals surface area contributed by atoms with Gasteiger partial charge in [0, 0.05) is 18.7 Å². The molecule has 1 rings (SSSR count). The lowest BCUT2D eigenvalue weighted by Gasteiger charge is -2.09. The van der Waals surface area contributed by atoms with Gasteiger partial charge in [-0.05, 0) is 18.1 Å². The van der Waals surface area contributed by atoms with E-state index < -0.39 is 12.0 Å². The standard InChI is InChI=1S/C9H12N2O3/c10-8(1-2-9(13)14)6-3-7(12)5-11-4-6/h3-5,8,12H,1-2,10H2,(H,13,14)/t8-/m0/s1. The quantitative estimate of drug-likeness (QED) is 0.657. The fourth-order valence-electron chi connectivity index (χ4n) is 1.09. The topological polar surface area (TPSA) is 96.4 Å². The highest BCUT2D eigenvalue weighted by atomic mass is 16.4. The Morgan fingerprint density at radius 3 is 2.86 bits per heavy atom. The number of hydrogen-bond donors (Lipinski definition) is 3. The maximum atomic E-state index is 10.3. The van der Waals surface area contributed by atoms with Crippen LogP contribution in [0.5, 0.6) is 5.75 Å². The van der Waals surface area contributed by atoms with Crippen molar-refractivity contribution in [3.05, 3.63) is 24.0 Å². The Morgan fingerprint density at radius 1 is 1.57 bits per heavy atom. The third kappa shape index (κ3) is 3.02. The average Bonchev–Trinajstić information content (AvgIpc) is 2.14. The number of nitrogens with two attached hydrogens (primary N) is 1.